The predicted octanol–water partition coefficient (Wildman–Crippen LogP) is 2.54. The summed E-state index contributed by atoms with van der Waals surface area (Å²) in [6.07, 6.45) is 0.666. The van der Waals surface area contributed by atoms with Gasteiger partial charge in [0.05, 0.1) is 15.9 Å². The molecule has 1 amide bonds. The van der Waals surface area contributed by atoms with Crippen LogP contribution in [-0.2, 0) is 10.2 Å². The second-order valence-corrected chi connectivity index (χ2v) is 5.93. The van der Waals surface area contributed by atoms with E-state index >= 15 is 0 Å². The molecule has 0 aliphatic carbocycles. The van der Waals surface area contributed by atoms with Crippen LogP contribution in [0.15, 0.2) is 30.3 Å². The molecule has 0 aliphatic heterocycles. The molecule has 0 bridgehead atoms. The normalized spacial score (nSPS) is 14.5. The van der Waals surface area contributed by atoms with Crippen molar-refractivity contribution in [1.82, 2.24) is 5.32 Å². The van der Waals surface area contributed by atoms with Crippen LogP contribution < -0.4 is 11.1 Å². The molecule has 1 aromatic carbocycles. The standard InChI is InChI=1S/C15H22N2OS/c1-5-15(4,12(16)19)17-13(18)14(2,3)11-9-7-6-8-10-11/h6-10H,5H2,1-4H3,(H2,16,19)(H,17,18). The van der Waals surface area contributed by atoms with E-state index in [1.807, 2.05) is 58.0 Å². The second-order valence-electron chi connectivity index (χ2n) is 5.50. The maximum Gasteiger partial charge on any atom is 0.230 e. The fourth-order valence-corrected chi connectivity index (χ4v) is 1.91. The van der Waals surface area contributed by atoms with Gasteiger partial charge in [-0.1, -0.05) is 49.5 Å². The van der Waals surface area contributed by atoms with Gasteiger partial charge in [-0.2, -0.15) is 0 Å². The molecule has 19 heavy (non-hydrogen) atoms. The van der Waals surface area contributed by atoms with Gasteiger partial charge in [-0.05, 0) is 32.8 Å². The SMILES string of the molecule is CCC(C)(NC(=O)C(C)(C)c1ccccc1)C(N)=S. The van der Waals surface area contributed by atoms with Crippen LogP contribution in [-0.4, -0.2) is 16.4 Å². The summed E-state index contributed by atoms with van der Waals surface area (Å²) in [7, 11) is 0. The third-order valence-corrected chi connectivity index (χ3v) is 4.15. The van der Waals surface area contributed by atoms with E-state index in [0.717, 1.165) is 5.56 Å². The molecular formula is C15H22N2OS. The van der Waals surface area contributed by atoms with Gasteiger partial charge >= 0.3 is 0 Å². The van der Waals surface area contributed by atoms with E-state index in [1.54, 1.807) is 0 Å². The fourth-order valence-electron chi connectivity index (χ4n) is 1.72. The van der Waals surface area contributed by atoms with Crippen molar-refractivity contribution >= 4 is 23.1 Å². The summed E-state index contributed by atoms with van der Waals surface area (Å²) < 4.78 is 0. The van der Waals surface area contributed by atoms with Crippen molar-refractivity contribution in [3.63, 3.8) is 0 Å². The number of nitrogens with two attached hydrogens (primary N) is 1. The monoisotopic (exact) mass is 278 g/mol. The average Bonchev–Trinajstić information content (AvgIpc) is 2.39. The Bertz CT molecular complexity index is 470. The summed E-state index contributed by atoms with van der Waals surface area (Å²) in [5.41, 5.74) is 5.43. The second kappa shape index (κ2) is 5.70. The molecule has 0 saturated carbocycles. The van der Waals surface area contributed by atoms with Crippen LogP contribution in [0.4, 0.5) is 0 Å². The van der Waals surface area contributed by atoms with Gasteiger partial charge in [-0.15, -0.1) is 0 Å². The first kappa shape index (κ1) is 15.6. The Balaban J connectivity index is 2.98. The van der Waals surface area contributed by atoms with E-state index in [9.17, 15) is 4.79 Å². The van der Waals surface area contributed by atoms with Crippen molar-refractivity contribution in [1.29, 1.82) is 0 Å². The largest absolute Gasteiger partial charge is 0.391 e. The first-order chi connectivity index (χ1) is 8.74. The molecule has 104 valence electrons. The van der Waals surface area contributed by atoms with Gasteiger partial charge in [-0.25, -0.2) is 0 Å². The van der Waals surface area contributed by atoms with Gasteiger partial charge in [-0.3, -0.25) is 4.79 Å². The lowest BCUT2D eigenvalue weighted by Crippen LogP contribution is -2.57. The summed E-state index contributed by atoms with van der Waals surface area (Å²) in [4.78, 5) is 12.8. The highest BCUT2D eigenvalue weighted by Gasteiger charge is 2.35. The zero-order valence-corrected chi connectivity index (χ0v) is 12.8. The highest BCUT2D eigenvalue weighted by molar-refractivity contribution is 7.80. The quantitative estimate of drug-likeness (QED) is 0.814. The maximum absolute atomic E-state index is 12.5. The number of rotatable bonds is 5. The number of hydrogen-bond acceptors (Lipinski definition) is 2. The highest BCUT2D eigenvalue weighted by Crippen LogP contribution is 2.24. The first-order valence-electron chi connectivity index (χ1n) is 6.42. The number of hydrogen-bond donors (Lipinski definition) is 2. The molecule has 3 nitrogen and oxygen atoms in total. The molecule has 1 unspecified atom stereocenters. The number of nitrogens with one attached hydrogen (secondary N) is 1. The maximum atomic E-state index is 12.5. The van der Waals surface area contributed by atoms with Crippen LogP contribution in [0.25, 0.3) is 0 Å². The van der Waals surface area contributed by atoms with E-state index < -0.39 is 11.0 Å². The van der Waals surface area contributed by atoms with Gasteiger partial charge in [0.25, 0.3) is 0 Å². The average molecular weight is 278 g/mol. The molecule has 1 atom stereocenters. The molecule has 1 aromatic rings. The van der Waals surface area contributed by atoms with E-state index in [2.05, 4.69) is 5.32 Å². The molecule has 0 heterocycles. The van der Waals surface area contributed by atoms with Crippen molar-refractivity contribution in [3.05, 3.63) is 35.9 Å². The lowest BCUT2D eigenvalue weighted by atomic mass is 9.82. The molecule has 0 aromatic heterocycles. The molecule has 0 radical (unpaired) electrons. The third kappa shape index (κ3) is 3.32. The molecule has 0 saturated heterocycles. The van der Waals surface area contributed by atoms with Crippen LogP contribution >= 0.6 is 12.2 Å². The molecule has 0 aliphatic rings. The Kier molecular flexibility index (Phi) is 4.69. The summed E-state index contributed by atoms with van der Waals surface area (Å²) in [6.45, 7) is 7.60. The van der Waals surface area contributed by atoms with Crippen molar-refractivity contribution in [2.24, 2.45) is 5.73 Å². The summed E-state index contributed by atoms with van der Waals surface area (Å²) in [6, 6.07) is 9.68. The van der Waals surface area contributed by atoms with Crippen LogP contribution in [0.1, 0.15) is 39.7 Å². The zero-order valence-electron chi connectivity index (χ0n) is 12.0. The van der Waals surface area contributed by atoms with Crippen molar-refractivity contribution in [2.45, 2.75) is 45.1 Å². The summed E-state index contributed by atoms with van der Waals surface area (Å²) >= 11 is 5.05. The molecule has 3 N–H and O–H groups in total. The van der Waals surface area contributed by atoms with Crippen molar-refractivity contribution in [2.75, 3.05) is 0 Å². The minimum Gasteiger partial charge on any atom is -0.391 e. The van der Waals surface area contributed by atoms with Crippen molar-refractivity contribution < 1.29 is 4.79 Å². The Hall–Kier alpha value is -1.42. The van der Waals surface area contributed by atoms with Crippen LogP contribution in [0, 0.1) is 0 Å². The Labute approximate surface area is 120 Å². The zero-order chi connectivity index (χ0) is 14.7. The highest BCUT2D eigenvalue weighted by atomic mass is 32.1. The molecule has 1 rings (SSSR count). The van der Waals surface area contributed by atoms with E-state index in [4.69, 9.17) is 18.0 Å². The molecule has 4 heteroatoms. The predicted molar refractivity (Wildman–Crippen MR) is 83.1 cm³/mol. The fraction of sp³-hybridized carbons (Fsp3) is 0.467. The summed E-state index contributed by atoms with van der Waals surface area (Å²) in [5.74, 6) is -0.0733. The first-order valence-corrected chi connectivity index (χ1v) is 6.83. The molecular weight excluding hydrogens is 256 g/mol. The van der Waals surface area contributed by atoms with Crippen LogP contribution in [0.3, 0.4) is 0 Å². The van der Waals surface area contributed by atoms with Gasteiger partial charge in [0.2, 0.25) is 5.91 Å². The van der Waals surface area contributed by atoms with Crippen LogP contribution in [0.2, 0.25) is 0 Å². The number of thiocarbonyl (C=S) groups is 1. The summed E-state index contributed by atoms with van der Waals surface area (Å²) in [5, 5.41) is 2.98. The van der Waals surface area contributed by atoms with Gasteiger partial charge in [0.15, 0.2) is 0 Å². The van der Waals surface area contributed by atoms with Gasteiger partial charge in [0.1, 0.15) is 0 Å². The molecule has 0 spiro atoms. The smallest absolute Gasteiger partial charge is 0.230 e. The van der Waals surface area contributed by atoms with E-state index in [1.165, 1.54) is 0 Å². The number of benzene rings is 1. The van der Waals surface area contributed by atoms with Crippen molar-refractivity contribution in [3.8, 4) is 0 Å². The number of amides is 1. The Morgan fingerprint density at radius 1 is 1.26 bits per heavy atom. The molecule has 0 fully saturated rings. The minimum atomic E-state index is -0.640. The lowest BCUT2D eigenvalue weighted by molar-refractivity contribution is -0.126. The Morgan fingerprint density at radius 3 is 2.21 bits per heavy atom. The third-order valence-electron chi connectivity index (χ3n) is 3.70. The lowest BCUT2D eigenvalue weighted by Gasteiger charge is -2.33. The minimum absolute atomic E-state index is 0.0733. The Morgan fingerprint density at radius 2 is 1.79 bits per heavy atom. The van der Waals surface area contributed by atoms with Crippen LogP contribution in [0.5, 0.6) is 0 Å². The number of carbonyl (C=O) groups is 1. The topological polar surface area (TPSA) is 55.1 Å². The number of carbonyl (C=O) groups excluding carboxylic acids is 1. The van der Waals surface area contributed by atoms with E-state index in [0.29, 0.717) is 11.4 Å². The van der Waals surface area contributed by atoms with E-state index in [-0.39, 0.29) is 5.91 Å². The van der Waals surface area contributed by atoms with Gasteiger partial charge < -0.3 is 11.1 Å². The van der Waals surface area contributed by atoms with Gasteiger partial charge in [0, 0.05) is 0 Å².